The van der Waals surface area contributed by atoms with Crippen molar-refractivity contribution in [3.05, 3.63) is 35.7 Å². The van der Waals surface area contributed by atoms with Crippen LogP contribution in [0.2, 0.25) is 0 Å². The van der Waals surface area contributed by atoms with E-state index >= 15 is 0 Å². The van der Waals surface area contributed by atoms with Gasteiger partial charge >= 0.3 is 0 Å². The number of anilines is 1. The molecule has 0 saturated heterocycles. The summed E-state index contributed by atoms with van der Waals surface area (Å²) < 4.78 is 39.7. The molecule has 1 heterocycles. The smallest absolute Gasteiger partial charge is 0.246 e. The molecule has 9 heteroatoms. The molecular weight excluding hydrogens is 285 g/mol. The van der Waals surface area contributed by atoms with Gasteiger partial charge in [-0.3, -0.25) is 5.10 Å². The van der Waals surface area contributed by atoms with Crippen LogP contribution >= 0.6 is 0 Å². The molecule has 0 atom stereocenters. The zero-order valence-electron chi connectivity index (χ0n) is 11.0. The number of nitrogens with one attached hydrogen (secondary N) is 1. The van der Waals surface area contributed by atoms with Gasteiger partial charge in [-0.2, -0.15) is 9.40 Å². The molecule has 108 valence electrons. The number of rotatable bonds is 4. The highest BCUT2D eigenvalue weighted by Crippen LogP contribution is 2.24. The van der Waals surface area contributed by atoms with Crippen molar-refractivity contribution in [3.63, 3.8) is 0 Å². The fourth-order valence-corrected chi connectivity index (χ4v) is 3.02. The van der Waals surface area contributed by atoms with Gasteiger partial charge < -0.3 is 5.73 Å². The van der Waals surface area contributed by atoms with Crippen LogP contribution in [0.5, 0.6) is 0 Å². The Kier molecular flexibility index (Phi) is 3.73. The molecule has 0 amide bonds. The first-order valence-corrected chi connectivity index (χ1v) is 7.12. The predicted molar refractivity (Wildman–Crippen MR) is 70.6 cm³/mol. The normalized spacial score (nSPS) is 12.0. The third-order valence-electron chi connectivity index (χ3n) is 2.77. The second kappa shape index (κ2) is 5.17. The minimum Gasteiger partial charge on any atom is -0.399 e. The second-order valence-corrected chi connectivity index (χ2v) is 6.36. The van der Waals surface area contributed by atoms with Crippen molar-refractivity contribution in [1.29, 1.82) is 0 Å². The van der Waals surface area contributed by atoms with Crippen LogP contribution < -0.4 is 5.73 Å². The van der Waals surface area contributed by atoms with Gasteiger partial charge in [0.25, 0.3) is 0 Å². The summed E-state index contributed by atoms with van der Waals surface area (Å²) in [7, 11) is -2.67. The van der Waals surface area contributed by atoms with E-state index in [2.05, 4.69) is 15.2 Å². The monoisotopic (exact) mass is 299 g/mol. The number of nitrogens with two attached hydrogens (primary N) is 1. The Labute approximate surface area is 115 Å². The fraction of sp³-hybridized carbons (Fsp3) is 0.273. The van der Waals surface area contributed by atoms with E-state index in [1.807, 2.05) is 0 Å². The molecule has 0 aliphatic heterocycles. The molecule has 2 aromatic rings. The molecule has 0 fully saturated rings. The minimum atomic E-state index is -4.00. The summed E-state index contributed by atoms with van der Waals surface area (Å²) in [6.45, 7) is 1.41. The summed E-state index contributed by atoms with van der Waals surface area (Å²) in [4.78, 5) is 3.38. The molecular formula is C11H14FN5O2S. The van der Waals surface area contributed by atoms with Gasteiger partial charge in [-0.25, -0.2) is 17.8 Å². The van der Waals surface area contributed by atoms with E-state index in [1.54, 1.807) is 0 Å². The van der Waals surface area contributed by atoms with Gasteiger partial charge in [-0.1, -0.05) is 0 Å². The maximum absolute atomic E-state index is 14.0. The van der Waals surface area contributed by atoms with Crippen LogP contribution in [0.4, 0.5) is 10.1 Å². The number of nitrogen functional groups attached to an aromatic ring is 1. The summed E-state index contributed by atoms with van der Waals surface area (Å²) in [5, 5.41) is 6.17. The molecule has 0 bridgehead atoms. The first-order chi connectivity index (χ1) is 9.32. The first kappa shape index (κ1) is 14.4. The minimum absolute atomic E-state index is 0.0460. The molecule has 7 nitrogen and oxygen atoms in total. The van der Waals surface area contributed by atoms with Crippen molar-refractivity contribution < 1.29 is 12.8 Å². The Morgan fingerprint density at radius 3 is 2.75 bits per heavy atom. The zero-order chi connectivity index (χ0) is 14.9. The summed E-state index contributed by atoms with van der Waals surface area (Å²) in [5.74, 6) is -0.444. The average Bonchev–Trinajstić information content (AvgIpc) is 2.86. The van der Waals surface area contributed by atoms with E-state index < -0.39 is 20.7 Å². The summed E-state index contributed by atoms with van der Waals surface area (Å²) in [6, 6.07) is 2.49. The Morgan fingerprint density at radius 1 is 1.45 bits per heavy atom. The molecule has 1 aromatic heterocycles. The number of aromatic amines is 1. The second-order valence-electron chi connectivity index (χ2n) is 4.34. The number of aromatic nitrogens is 3. The molecule has 0 aliphatic rings. The lowest BCUT2D eigenvalue weighted by molar-refractivity contribution is 0.450. The van der Waals surface area contributed by atoms with Crippen LogP contribution in [0.15, 0.2) is 23.4 Å². The van der Waals surface area contributed by atoms with Gasteiger partial charge in [0.1, 0.15) is 22.9 Å². The molecule has 2 rings (SSSR count). The van der Waals surface area contributed by atoms with Crippen molar-refractivity contribution >= 4 is 15.7 Å². The highest BCUT2D eigenvalue weighted by atomic mass is 32.2. The van der Waals surface area contributed by atoms with Crippen molar-refractivity contribution in [2.45, 2.75) is 18.4 Å². The van der Waals surface area contributed by atoms with Crippen LogP contribution in [-0.4, -0.2) is 35.0 Å². The Balaban J connectivity index is 2.40. The number of halogens is 1. The maximum Gasteiger partial charge on any atom is 0.246 e. The highest BCUT2D eigenvalue weighted by Gasteiger charge is 2.26. The number of hydrogen-bond donors (Lipinski definition) is 2. The van der Waals surface area contributed by atoms with Crippen LogP contribution in [-0.2, 0) is 16.6 Å². The van der Waals surface area contributed by atoms with Crippen LogP contribution in [0, 0.1) is 12.7 Å². The largest absolute Gasteiger partial charge is 0.399 e. The molecule has 0 saturated carbocycles. The zero-order valence-corrected chi connectivity index (χ0v) is 11.8. The van der Waals surface area contributed by atoms with Gasteiger partial charge in [-0.05, 0) is 24.6 Å². The number of hydrogen-bond acceptors (Lipinski definition) is 5. The Morgan fingerprint density at radius 2 is 2.15 bits per heavy atom. The third-order valence-corrected chi connectivity index (χ3v) is 4.57. The van der Waals surface area contributed by atoms with E-state index in [1.165, 1.54) is 26.4 Å². The van der Waals surface area contributed by atoms with Gasteiger partial charge in [-0.15, -0.1) is 0 Å². The molecule has 0 aliphatic carbocycles. The summed E-state index contributed by atoms with van der Waals surface area (Å²) in [6.07, 6.45) is 1.26. The lowest BCUT2D eigenvalue weighted by Gasteiger charge is -2.17. The van der Waals surface area contributed by atoms with E-state index in [4.69, 9.17) is 5.73 Å². The fourth-order valence-electron chi connectivity index (χ4n) is 1.72. The Hall–Kier alpha value is -2.00. The van der Waals surface area contributed by atoms with Crippen molar-refractivity contribution in [3.8, 4) is 0 Å². The Bertz CT molecular complexity index is 715. The van der Waals surface area contributed by atoms with E-state index in [0.29, 0.717) is 5.82 Å². The van der Waals surface area contributed by atoms with Gasteiger partial charge in [0.2, 0.25) is 10.0 Å². The van der Waals surface area contributed by atoms with Crippen molar-refractivity contribution in [2.75, 3.05) is 12.8 Å². The number of H-pyrrole nitrogens is 1. The van der Waals surface area contributed by atoms with Gasteiger partial charge in [0.05, 0.1) is 6.54 Å². The van der Waals surface area contributed by atoms with Gasteiger partial charge in [0.15, 0.2) is 0 Å². The summed E-state index contributed by atoms with van der Waals surface area (Å²) in [5.41, 5.74) is 5.95. The third kappa shape index (κ3) is 2.63. The van der Waals surface area contributed by atoms with Crippen molar-refractivity contribution in [1.82, 2.24) is 19.5 Å². The molecule has 0 unspecified atom stereocenters. The van der Waals surface area contributed by atoms with E-state index in [9.17, 15) is 12.8 Å². The lowest BCUT2D eigenvalue weighted by atomic mass is 10.2. The van der Waals surface area contributed by atoms with Crippen LogP contribution in [0.25, 0.3) is 0 Å². The predicted octanol–water partition coefficient (Wildman–Crippen LogP) is 0.655. The number of sulfonamides is 1. The van der Waals surface area contributed by atoms with Crippen molar-refractivity contribution in [2.24, 2.45) is 0 Å². The number of nitrogens with zero attached hydrogens (tertiary/aromatic N) is 3. The molecule has 3 N–H and O–H groups in total. The van der Waals surface area contributed by atoms with Gasteiger partial charge in [0, 0.05) is 12.7 Å². The quantitative estimate of drug-likeness (QED) is 0.807. The lowest BCUT2D eigenvalue weighted by Crippen LogP contribution is -2.28. The van der Waals surface area contributed by atoms with Crippen LogP contribution in [0.1, 0.15) is 11.4 Å². The topological polar surface area (TPSA) is 105 Å². The van der Waals surface area contributed by atoms with E-state index in [-0.39, 0.29) is 17.8 Å². The molecule has 0 spiro atoms. The standard InChI is InChI=1S/C11H14FN5O2S/c1-7-3-8(13)4-9(11(7)12)20(18,19)17(2)5-10-14-6-15-16-10/h3-4,6H,5,13H2,1-2H3,(H,14,15,16). The molecule has 0 radical (unpaired) electrons. The van der Waals surface area contributed by atoms with E-state index in [0.717, 1.165) is 10.4 Å². The van der Waals surface area contributed by atoms with Crippen LogP contribution in [0.3, 0.4) is 0 Å². The molecule has 20 heavy (non-hydrogen) atoms. The number of aryl methyl sites for hydroxylation is 1. The number of benzene rings is 1. The first-order valence-electron chi connectivity index (χ1n) is 5.68. The maximum atomic E-state index is 14.0. The molecule has 1 aromatic carbocycles. The SMILES string of the molecule is Cc1cc(N)cc(S(=O)(=O)N(C)Cc2ncn[nH]2)c1F. The summed E-state index contributed by atoms with van der Waals surface area (Å²) >= 11 is 0. The highest BCUT2D eigenvalue weighted by molar-refractivity contribution is 7.89. The average molecular weight is 299 g/mol.